The number of nitro benzene ring substituents is 1. The Labute approximate surface area is 151 Å². The Hall–Kier alpha value is -2.50. The van der Waals surface area contributed by atoms with E-state index in [0.29, 0.717) is 13.0 Å². The van der Waals surface area contributed by atoms with Gasteiger partial charge in [-0.05, 0) is 42.8 Å². The molecule has 0 heterocycles. The smallest absolute Gasteiger partial charge is 0.269 e. The Bertz CT molecular complexity index is 985. The summed E-state index contributed by atoms with van der Waals surface area (Å²) in [5, 5.41) is 10.6. The molecule has 2 aromatic rings. The lowest BCUT2D eigenvalue weighted by Gasteiger charge is -2.09. The van der Waals surface area contributed by atoms with Crippen LogP contribution in [0.25, 0.3) is 0 Å². The SMILES string of the molecule is CCCNS(=O)(=O)c1ccc(NS(=O)(=O)c2ccc([N+](=O)[O-])cc2)cc1. The molecule has 0 radical (unpaired) electrons. The molecule has 0 aliphatic rings. The van der Waals surface area contributed by atoms with E-state index < -0.39 is 25.0 Å². The predicted octanol–water partition coefficient (Wildman–Crippen LogP) is 2.08. The molecule has 0 amide bonds. The molecule has 0 aliphatic carbocycles. The van der Waals surface area contributed by atoms with Crippen LogP contribution in [0.4, 0.5) is 11.4 Å². The molecule has 0 fully saturated rings. The molecule has 9 nitrogen and oxygen atoms in total. The normalized spacial score (nSPS) is 11.9. The third kappa shape index (κ3) is 4.77. The van der Waals surface area contributed by atoms with E-state index in [1.807, 2.05) is 6.92 Å². The van der Waals surface area contributed by atoms with E-state index in [4.69, 9.17) is 0 Å². The summed E-state index contributed by atoms with van der Waals surface area (Å²) in [4.78, 5) is 9.86. The van der Waals surface area contributed by atoms with Crippen molar-refractivity contribution in [2.24, 2.45) is 0 Å². The summed E-state index contributed by atoms with van der Waals surface area (Å²) < 4.78 is 53.3. The van der Waals surface area contributed by atoms with E-state index in [9.17, 15) is 26.9 Å². The topological polar surface area (TPSA) is 135 Å². The first-order valence-electron chi connectivity index (χ1n) is 7.53. The second-order valence-electron chi connectivity index (χ2n) is 5.28. The van der Waals surface area contributed by atoms with Gasteiger partial charge >= 0.3 is 0 Å². The van der Waals surface area contributed by atoms with Crippen molar-refractivity contribution in [1.29, 1.82) is 0 Å². The minimum absolute atomic E-state index is 0.0178. The van der Waals surface area contributed by atoms with E-state index in [-0.39, 0.29) is 21.2 Å². The number of nitrogens with one attached hydrogen (secondary N) is 2. The summed E-state index contributed by atoms with van der Waals surface area (Å²) in [7, 11) is -7.59. The Balaban J connectivity index is 2.18. The fourth-order valence-electron chi connectivity index (χ4n) is 1.98. The number of nitro groups is 1. The number of non-ortho nitro benzene ring substituents is 1. The number of anilines is 1. The summed E-state index contributed by atoms with van der Waals surface area (Å²) in [6.45, 7) is 2.13. The molecule has 0 saturated heterocycles. The fourth-order valence-corrected chi connectivity index (χ4v) is 4.18. The lowest BCUT2D eigenvalue weighted by Crippen LogP contribution is -2.24. The number of rotatable bonds is 8. The monoisotopic (exact) mass is 399 g/mol. The maximum Gasteiger partial charge on any atom is 0.269 e. The molecule has 140 valence electrons. The van der Waals surface area contributed by atoms with Crippen molar-refractivity contribution < 1.29 is 21.8 Å². The van der Waals surface area contributed by atoms with Gasteiger partial charge in [-0.3, -0.25) is 14.8 Å². The van der Waals surface area contributed by atoms with E-state index >= 15 is 0 Å². The lowest BCUT2D eigenvalue weighted by atomic mass is 10.3. The highest BCUT2D eigenvalue weighted by atomic mass is 32.2. The molecule has 11 heteroatoms. The highest BCUT2D eigenvalue weighted by Crippen LogP contribution is 2.20. The van der Waals surface area contributed by atoms with Gasteiger partial charge < -0.3 is 0 Å². The first-order valence-corrected chi connectivity index (χ1v) is 10.5. The highest BCUT2D eigenvalue weighted by Gasteiger charge is 2.17. The third-order valence-electron chi connectivity index (χ3n) is 3.32. The zero-order chi connectivity index (χ0) is 19.4. The largest absolute Gasteiger partial charge is 0.280 e. The van der Waals surface area contributed by atoms with E-state index in [2.05, 4.69) is 9.44 Å². The van der Waals surface area contributed by atoms with Gasteiger partial charge in [0.05, 0.1) is 14.7 Å². The van der Waals surface area contributed by atoms with Crippen LogP contribution in [-0.2, 0) is 20.0 Å². The second-order valence-corrected chi connectivity index (χ2v) is 8.73. The summed E-state index contributed by atoms with van der Waals surface area (Å²) in [6, 6.07) is 9.62. The maximum atomic E-state index is 12.3. The highest BCUT2D eigenvalue weighted by molar-refractivity contribution is 7.92. The van der Waals surface area contributed by atoms with Crippen molar-refractivity contribution in [3.63, 3.8) is 0 Å². The van der Waals surface area contributed by atoms with Gasteiger partial charge in [0, 0.05) is 24.4 Å². The zero-order valence-corrected chi connectivity index (χ0v) is 15.4. The van der Waals surface area contributed by atoms with Gasteiger partial charge in [0.1, 0.15) is 0 Å². The fraction of sp³-hybridized carbons (Fsp3) is 0.200. The number of hydrogen-bond donors (Lipinski definition) is 2. The molecule has 0 atom stereocenters. The van der Waals surface area contributed by atoms with Gasteiger partial charge in [-0.15, -0.1) is 0 Å². The van der Waals surface area contributed by atoms with Crippen molar-refractivity contribution in [3.8, 4) is 0 Å². The summed E-state index contributed by atoms with van der Waals surface area (Å²) >= 11 is 0. The standard InChI is InChI=1S/C15H17N3O6S2/c1-2-11-16-25(21,22)14-7-3-12(4-8-14)17-26(23,24)15-9-5-13(6-10-15)18(19)20/h3-10,16-17H,2,11H2,1H3. The average molecular weight is 399 g/mol. The predicted molar refractivity (Wildman–Crippen MR) is 95.8 cm³/mol. The summed E-state index contributed by atoms with van der Waals surface area (Å²) in [6.07, 6.45) is 0.645. The van der Waals surface area contributed by atoms with Crippen LogP contribution in [0.2, 0.25) is 0 Å². The van der Waals surface area contributed by atoms with Gasteiger partial charge in [-0.1, -0.05) is 6.92 Å². The molecular weight excluding hydrogens is 382 g/mol. The van der Waals surface area contributed by atoms with Crippen molar-refractivity contribution in [2.75, 3.05) is 11.3 Å². The number of benzene rings is 2. The minimum atomic E-state index is -3.96. The van der Waals surface area contributed by atoms with E-state index in [1.54, 1.807) is 0 Å². The first-order chi connectivity index (χ1) is 12.2. The second kappa shape index (κ2) is 7.81. The Morgan fingerprint density at radius 2 is 1.38 bits per heavy atom. The van der Waals surface area contributed by atoms with Crippen molar-refractivity contribution >= 4 is 31.4 Å². The van der Waals surface area contributed by atoms with Crippen LogP contribution in [0.1, 0.15) is 13.3 Å². The molecule has 26 heavy (non-hydrogen) atoms. The molecule has 0 saturated carbocycles. The summed E-state index contributed by atoms with van der Waals surface area (Å²) in [5.41, 5.74) is -0.0594. The van der Waals surface area contributed by atoms with Crippen molar-refractivity contribution in [1.82, 2.24) is 4.72 Å². The average Bonchev–Trinajstić information content (AvgIpc) is 2.60. The molecular formula is C15H17N3O6S2. The minimum Gasteiger partial charge on any atom is -0.280 e. The Kier molecular flexibility index (Phi) is 5.95. The molecule has 2 aromatic carbocycles. The first kappa shape index (κ1) is 19.8. The molecule has 0 spiro atoms. The molecule has 0 unspecified atom stereocenters. The van der Waals surface area contributed by atoms with E-state index in [0.717, 1.165) is 24.3 Å². The van der Waals surface area contributed by atoms with Gasteiger partial charge in [-0.25, -0.2) is 21.6 Å². The van der Waals surface area contributed by atoms with Crippen LogP contribution in [0.5, 0.6) is 0 Å². The molecule has 0 aromatic heterocycles. The zero-order valence-electron chi connectivity index (χ0n) is 13.7. The molecule has 0 bridgehead atoms. The summed E-state index contributed by atoms with van der Waals surface area (Å²) in [5.74, 6) is 0. The Morgan fingerprint density at radius 1 is 0.885 bits per heavy atom. The van der Waals surface area contributed by atoms with Gasteiger partial charge in [0.2, 0.25) is 10.0 Å². The van der Waals surface area contributed by atoms with E-state index in [1.165, 1.54) is 24.3 Å². The number of hydrogen-bond acceptors (Lipinski definition) is 6. The molecule has 2 rings (SSSR count). The van der Waals surface area contributed by atoms with Gasteiger partial charge in [-0.2, -0.15) is 0 Å². The van der Waals surface area contributed by atoms with Crippen molar-refractivity contribution in [2.45, 2.75) is 23.1 Å². The molecule has 2 N–H and O–H groups in total. The van der Waals surface area contributed by atoms with Crippen LogP contribution in [0.15, 0.2) is 58.3 Å². The lowest BCUT2D eigenvalue weighted by molar-refractivity contribution is -0.384. The van der Waals surface area contributed by atoms with Crippen LogP contribution in [0.3, 0.4) is 0 Å². The van der Waals surface area contributed by atoms with Crippen LogP contribution >= 0.6 is 0 Å². The van der Waals surface area contributed by atoms with Gasteiger partial charge in [0.25, 0.3) is 15.7 Å². The number of sulfonamides is 2. The Morgan fingerprint density at radius 3 is 1.88 bits per heavy atom. The van der Waals surface area contributed by atoms with Crippen LogP contribution in [0, 0.1) is 10.1 Å². The number of nitrogens with zero attached hydrogens (tertiary/aromatic N) is 1. The quantitative estimate of drug-likeness (QED) is 0.515. The molecule has 0 aliphatic heterocycles. The third-order valence-corrected chi connectivity index (χ3v) is 6.19. The van der Waals surface area contributed by atoms with Crippen molar-refractivity contribution in [3.05, 3.63) is 58.6 Å². The van der Waals surface area contributed by atoms with Gasteiger partial charge in [0.15, 0.2) is 0 Å². The maximum absolute atomic E-state index is 12.3. The van der Waals surface area contributed by atoms with Crippen LogP contribution < -0.4 is 9.44 Å². The van der Waals surface area contributed by atoms with Crippen LogP contribution in [-0.4, -0.2) is 28.3 Å².